The summed E-state index contributed by atoms with van der Waals surface area (Å²) in [4.78, 5) is 37.7. The largest absolute Gasteiger partial charge is 0.444 e. The lowest BCUT2D eigenvalue weighted by atomic mass is 9.99. The van der Waals surface area contributed by atoms with E-state index in [-0.39, 0.29) is 11.8 Å². The first kappa shape index (κ1) is 24.3. The van der Waals surface area contributed by atoms with Gasteiger partial charge in [-0.05, 0) is 59.1 Å². The van der Waals surface area contributed by atoms with Crippen LogP contribution in [0.2, 0.25) is 0 Å². The zero-order chi connectivity index (χ0) is 22.9. The number of aromatic nitrogens is 2. The van der Waals surface area contributed by atoms with Gasteiger partial charge in [-0.3, -0.25) is 14.3 Å². The second kappa shape index (κ2) is 11.5. The minimum atomic E-state index is -0.594. The number of H-pyrrole nitrogens is 1. The van der Waals surface area contributed by atoms with Crippen LogP contribution in [-0.2, 0) is 16.0 Å². The van der Waals surface area contributed by atoms with Gasteiger partial charge in [-0.25, -0.2) is 9.59 Å². The SMILES string of the molecule is CNC(CCCCNC(=O)OC(C)(C)C)C(=O)CCc1ccc(-c2noc(=O)[nH]2)cc1. The molecule has 9 nitrogen and oxygen atoms in total. The average molecular weight is 433 g/mol. The van der Waals surface area contributed by atoms with E-state index in [1.54, 1.807) is 7.05 Å². The number of amides is 1. The monoisotopic (exact) mass is 432 g/mol. The van der Waals surface area contributed by atoms with Crippen LogP contribution in [-0.4, -0.2) is 47.3 Å². The number of alkyl carbamates (subject to hydrolysis) is 1. The van der Waals surface area contributed by atoms with E-state index < -0.39 is 17.5 Å². The van der Waals surface area contributed by atoms with Gasteiger partial charge >= 0.3 is 11.8 Å². The first-order chi connectivity index (χ1) is 14.7. The van der Waals surface area contributed by atoms with Crippen LogP contribution in [0.25, 0.3) is 11.4 Å². The van der Waals surface area contributed by atoms with Crippen molar-refractivity contribution in [3.8, 4) is 11.4 Å². The number of rotatable bonds is 11. The van der Waals surface area contributed by atoms with Crippen LogP contribution in [0.4, 0.5) is 4.79 Å². The lowest BCUT2D eigenvalue weighted by molar-refractivity contribution is -0.121. The molecule has 9 heteroatoms. The fourth-order valence-electron chi connectivity index (χ4n) is 3.07. The van der Waals surface area contributed by atoms with Crippen molar-refractivity contribution in [1.82, 2.24) is 20.8 Å². The van der Waals surface area contributed by atoms with E-state index in [9.17, 15) is 14.4 Å². The predicted octanol–water partition coefficient (Wildman–Crippen LogP) is 2.81. The fraction of sp³-hybridized carbons (Fsp3) is 0.545. The first-order valence-electron chi connectivity index (χ1n) is 10.5. The van der Waals surface area contributed by atoms with Crippen molar-refractivity contribution in [2.45, 2.75) is 64.5 Å². The van der Waals surface area contributed by atoms with Gasteiger partial charge in [0, 0.05) is 18.5 Å². The molecule has 1 atom stereocenters. The lowest BCUT2D eigenvalue weighted by Gasteiger charge is -2.19. The Labute approximate surface area is 181 Å². The number of nitrogens with zero attached hydrogens (tertiary/aromatic N) is 1. The molecule has 0 aliphatic heterocycles. The number of ketones is 1. The summed E-state index contributed by atoms with van der Waals surface area (Å²) >= 11 is 0. The van der Waals surface area contributed by atoms with E-state index in [0.717, 1.165) is 24.0 Å². The topological polar surface area (TPSA) is 126 Å². The zero-order valence-electron chi connectivity index (χ0n) is 18.6. The van der Waals surface area contributed by atoms with Gasteiger partial charge in [0.25, 0.3) is 0 Å². The molecule has 0 bridgehead atoms. The van der Waals surface area contributed by atoms with E-state index >= 15 is 0 Å². The molecule has 0 fully saturated rings. The van der Waals surface area contributed by atoms with E-state index in [4.69, 9.17) is 4.74 Å². The summed E-state index contributed by atoms with van der Waals surface area (Å²) < 4.78 is 9.70. The standard InChI is InChI=1S/C22H32N4O5/c1-22(2,3)30-20(28)24-14-6-5-7-17(23-4)18(27)13-10-15-8-11-16(12-9-15)19-25-21(29)31-26-19/h8-9,11-12,17,23H,5-7,10,13-14H2,1-4H3,(H,24,28)(H,25,26,29). The number of Topliss-reactive ketones (excluding diaryl/α,β-unsaturated/α-hetero) is 1. The molecule has 1 aromatic carbocycles. The maximum Gasteiger partial charge on any atom is 0.439 e. The molecule has 0 saturated carbocycles. The average Bonchev–Trinajstić information content (AvgIpc) is 3.14. The maximum atomic E-state index is 12.6. The third-order valence-electron chi connectivity index (χ3n) is 4.65. The molecule has 0 spiro atoms. The molecule has 0 aliphatic carbocycles. The Hall–Kier alpha value is -2.94. The summed E-state index contributed by atoms with van der Waals surface area (Å²) in [6, 6.07) is 7.28. The van der Waals surface area contributed by atoms with Crippen molar-refractivity contribution in [2.24, 2.45) is 0 Å². The number of nitrogens with one attached hydrogen (secondary N) is 3. The summed E-state index contributed by atoms with van der Waals surface area (Å²) in [5.74, 6) is -0.0556. The number of benzene rings is 1. The van der Waals surface area contributed by atoms with Crippen LogP contribution in [0.3, 0.4) is 0 Å². The molecule has 2 rings (SSSR count). The van der Waals surface area contributed by atoms with Crippen molar-refractivity contribution < 1.29 is 18.8 Å². The van der Waals surface area contributed by atoms with Crippen molar-refractivity contribution in [3.63, 3.8) is 0 Å². The fourth-order valence-corrected chi connectivity index (χ4v) is 3.07. The molecular formula is C22H32N4O5. The summed E-state index contributed by atoms with van der Waals surface area (Å²) in [6.45, 7) is 5.98. The Bertz CT molecular complexity index is 896. The number of aryl methyl sites for hydroxylation is 1. The van der Waals surface area contributed by atoms with Crippen LogP contribution in [0.15, 0.2) is 33.6 Å². The lowest BCUT2D eigenvalue weighted by Crippen LogP contribution is -2.35. The number of unbranched alkanes of at least 4 members (excludes halogenated alkanes) is 1. The van der Waals surface area contributed by atoms with Gasteiger partial charge in [-0.1, -0.05) is 29.4 Å². The summed E-state index contributed by atoms with van der Waals surface area (Å²) in [6.07, 6.45) is 2.95. The maximum absolute atomic E-state index is 12.6. The van der Waals surface area contributed by atoms with Crippen LogP contribution in [0.1, 0.15) is 52.0 Å². The molecule has 170 valence electrons. The highest BCUT2D eigenvalue weighted by Gasteiger charge is 2.17. The van der Waals surface area contributed by atoms with Crippen molar-refractivity contribution in [3.05, 3.63) is 40.4 Å². The quantitative estimate of drug-likeness (QED) is 0.466. The first-order valence-corrected chi connectivity index (χ1v) is 10.5. The Balaban J connectivity index is 1.70. The Kier molecular flexibility index (Phi) is 8.99. The van der Waals surface area contributed by atoms with E-state index in [0.29, 0.717) is 31.6 Å². The molecule has 1 aromatic heterocycles. The van der Waals surface area contributed by atoms with E-state index in [1.165, 1.54) is 0 Å². The van der Waals surface area contributed by atoms with Gasteiger partial charge in [0.1, 0.15) is 11.4 Å². The Morgan fingerprint density at radius 3 is 2.48 bits per heavy atom. The van der Waals surface area contributed by atoms with Crippen LogP contribution < -0.4 is 16.4 Å². The van der Waals surface area contributed by atoms with E-state index in [1.807, 2.05) is 45.0 Å². The normalized spacial score (nSPS) is 12.4. The number of likely N-dealkylation sites (N-methyl/N-ethyl adjacent to an activating group) is 1. The van der Waals surface area contributed by atoms with Crippen LogP contribution in [0, 0.1) is 0 Å². The summed E-state index contributed by atoms with van der Waals surface area (Å²) in [5.41, 5.74) is 1.26. The molecule has 0 radical (unpaired) electrons. The van der Waals surface area contributed by atoms with Crippen molar-refractivity contribution in [2.75, 3.05) is 13.6 Å². The summed E-state index contributed by atoms with van der Waals surface area (Å²) in [5, 5.41) is 9.47. The number of ether oxygens (including phenoxy) is 1. The molecule has 2 aromatic rings. The number of carbonyl (C=O) groups is 2. The van der Waals surface area contributed by atoms with Gasteiger partial charge in [-0.15, -0.1) is 0 Å². The Morgan fingerprint density at radius 2 is 1.90 bits per heavy atom. The van der Waals surface area contributed by atoms with E-state index in [2.05, 4.69) is 25.3 Å². The number of hydrogen-bond acceptors (Lipinski definition) is 7. The van der Waals surface area contributed by atoms with Crippen LogP contribution >= 0.6 is 0 Å². The third-order valence-corrected chi connectivity index (χ3v) is 4.65. The molecule has 0 aliphatic rings. The molecule has 1 amide bonds. The number of carbonyl (C=O) groups excluding carboxylic acids is 2. The second-order valence-electron chi connectivity index (χ2n) is 8.37. The molecule has 1 unspecified atom stereocenters. The van der Waals surface area contributed by atoms with Crippen molar-refractivity contribution >= 4 is 11.9 Å². The minimum absolute atomic E-state index is 0.160. The molecule has 1 heterocycles. The van der Waals surface area contributed by atoms with Crippen molar-refractivity contribution in [1.29, 1.82) is 0 Å². The van der Waals surface area contributed by atoms with Gasteiger partial charge in [0.2, 0.25) is 0 Å². The number of hydrogen-bond donors (Lipinski definition) is 3. The zero-order valence-corrected chi connectivity index (χ0v) is 18.6. The predicted molar refractivity (Wildman–Crippen MR) is 117 cm³/mol. The molecule has 0 saturated heterocycles. The third kappa shape index (κ3) is 8.75. The Morgan fingerprint density at radius 1 is 1.19 bits per heavy atom. The van der Waals surface area contributed by atoms with Gasteiger partial charge in [-0.2, -0.15) is 0 Å². The smallest absolute Gasteiger partial charge is 0.439 e. The molecule has 3 N–H and O–H groups in total. The van der Waals surface area contributed by atoms with Gasteiger partial charge < -0.3 is 15.4 Å². The van der Waals surface area contributed by atoms with Crippen LogP contribution in [0.5, 0.6) is 0 Å². The van der Waals surface area contributed by atoms with Gasteiger partial charge in [0.15, 0.2) is 5.82 Å². The summed E-state index contributed by atoms with van der Waals surface area (Å²) in [7, 11) is 1.79. The highest BCUT2D eigenvalue weighted by molar-refractivity contribution is 5.84. The minimum Gasteiger partial charge on any atom is -0.444 e. The highest BCUT2D eigenvalue weighted by atomic mass is 16.6. The molecule has 31 heavy (non-hydrogen) atoms. The highest BCUT2D eigenvalue weighted by Crippen LogP contribution is 2.16. The molecular weight excluding hydrogens is 400 g/mol. The van der Waals surface area contributed by atoms with Gasteiger partial charge in [0.05, 0.1) is 6.04 Å². The number of aromatic amines is 1. The second-order valence-corrected chi connectivity index (χ2v) is 8.37.